The number of hydrogen-bond donors (Lipinski definition) is 2. The summed E-state index contributed by atoms with van der Waals surface area (Å²) in [6, 6.07) is 8.48. The van der Waals surface area contributed by atoms with Gasteiger partial charge in [0, 0.05) is 27.8 Å². The lowest BCUT2D eigenvalue weighted by molar-refractivity contribution is -0.119. The lowest BCUT2D eigenvalue weighted by Crippen LogP contribution is -2.23. The smallest absolute Gasteiger partial charge is 0.227 e. The van der Waals surface area contributed by atoms with Crippen LogP contribution in [0.4, 0.5) is 5.69 Å². The van der Waals surface area contributed by atoms with Gasteiger partial charge in [0.15, 0.2) is 0 Å². The van der Waals surface area contributed by atoms with Crippen molar-refractivity contribution >= 4 is 23.4 Å². The molecule has 0 saturated heterocycles. The third kappa shape index (κ3) is 4.01. The highest BCUT2D eigenvalue weighted by molar-refractivity contribution is 8.00. The Morgan fingerprint density at radius 1 is 1.10 bits per heavy atom. The largest absolute Gasteiger partial charge is 0.328 e. The first-order valence-corrected chi connectivity index (χ1v) is 8.92. The summed E-state index contributed by atoms with van der Waals surface area (Å²) in [5.41, 5.74) is 6.77. The number of carbonyl (C=O) groups excluding carboxylic acids is 1. The number of nitrogens with two attached hydrogens (primary N) is 1. The molecule has 0 aromatic heterocycles. The summed E-state index contributed by atoms with van der Waals surface area (Å²) in [7, 11) is 0. The Labute approximate surface area is 131 Å². The summed E-state index contributed by atoms with van der Waals surface area (Å²) < 4.78 is 0. The maximum absolute atomic E-state index is 12.2. The van der Waals surface area contributed by atoms with Gasteiger partial charge in [0.05, 0.1) is 0 Å². The van der Waals surface area contributed by atoms with Crippen molar-refractivity contribution in [3.8, 4) is 0 Å². The van der Waals surface area contributed by atoms with Crippen LogP contribution in [0.2, 0.25) is 0 Å². The van der Waals surface area contributed by atoms with Gasteiger partial charge in [0.25, 0.3) is 0 Å². The molecule has 4 heteroatoms. The van der Waals surface area contributed by atoms with Gasteiger partial charge in [-0.3, -0.25) is 4.79 Å². The molecule has 2 aliphatic carbocycles. The van der Waals surface area contributed by atoms with Gasteiger partial charge in [0.2, 0.25) is 5.91 Å². The highest BCUT2D eigenvalue weighted by Gasteiger charge is 2.27. The van der Waals surface area contributed by atoms with Crippen LogP contribution in [0.25, 0.3) is 0 Å². The molecule has 0 radical (unpaired) electrons. The van der Waals surface area contributed by atoms with E-state index in [1.54, 1.807) is 0 Å². The monoisotopic (exact) mass is 304 g/mol. The molecule has 0 spiro atoms. The Kier molecular flexibility index (Phi) is 4.86. The van der Waals surface area contributed by atoms with Crippen LogP contribution >= 0.6 is 11.8 Å². The molecule has 0 aliphatic heterocycles. The maximum atomic E-state index is 12.2. The molecule has 114 valence electrons. The molecule has 1 aromatic carbocycles. The zero-order chi connectivity index (χ0) is 14.7. The molecule has 2 fully saturated rings. The number of benzene rings is 1. The summed E-state index contributed by atoms with van der Waals surface area (Å²) in [4.78, 5) is 13.5. The van der Waals surface area contributed by atoms with Crippen LogP contribution in [-0.2, 0) is 4.79 Å². The van der Waals surface area contributed by atoms with Crippen molar-refractivity contribution in [2.75, 3.05) is 5.32 Å². The van der Waals surface area contributed by atoms with Crippen LogP contribution in [0.15, 0.2) is 29.2 Å². The third-order valence-electron chi connectivity index (χ3n) is 4.57. The fourth-order valence-electron chi connectivity index (χ4n) is 3.31. The highest BCUT2D eigenvalue weighted by Crippen LogP contribution is 2.35. The first-order chi connectivity index (χ1) is 10.2. The zero-order valence-corrected chi connectivity index (χ0v) is 13.2. The topological polar surface area (TPSA) is 55.1 Å². The molecule has 3 rings (SSSR count). The number of nitrogens with one attached hydrogen (secondary N) is 1. The average Bonchev–Trinajstić information content (AvgIpc) is 3.12. The molecular weight excluding hydrogens is 280 g/mol. The first-order valence-electron chi connectivity index (χ1n) is 8.04. The molecule has 1 aromatic rings. The van der Waals surface area contributed by atoms with Crippen molar-refractivity contribution in [1.82, 2.24) is 0 Å². The van der Waals surface area contributed by atoms with Crippen LogP contribution in [-0.4, -0.2) is 17.2 Å². The van der Waals surface area contributed by atoms with Crippen molar-refractivity contribution in [3.05, 3.63) is 24.3 Å². The van der Waals surface area contributed by atoms with Crippen LogP contribution in [0.5, 0.6) is 0 Å². The molecule has 0 bridgehead atoms. The van der Waals surface area contributed by atoms with E-state index in [-0.39, 0.29) is 17.9 Å². The molecule has 2 aliphatic rings. The number of carbonyl (C=O) groups is 1. The molecule has 3 nitrogen and oxygen atoms in total. The Hall–Kier alpha value is -1.00. The second-order valence-corrected chi connectivity index (χ2v) is 7.68. The van der Waals surface area contributed by atoms with Gasteiger partial charge in [-0.15, -0.1) is 11.8 Å². The van der Waals surface area contributed by atoms with E-state index in [1.165, 1.54) is 30.6 Å². The normalized spacial score (nSPS) is 26.1. The molecule has 2 atom stereocenters. The van der Waals surface area contributed by atoms with Crippen LogP contribution in [0.3, 0.4) is 0 Å². The van der Waals surface area contributed by atoms with Gasteiger partial charge >= 0.3 is 0 Å². The van der Waals surface area contributed by atoms with Gasteiger partial charge < -0.3 is 11.1 Å². The summed E-state index contributed by atoms with van der Waals surface area (Å²) in [6.07, 6.45) is 8.12. The lowest BCUT2D eigenvalue weighted by atomic mass is 10.1. The molecule has 3 N–H and O–H groups in total. The number of hydrogen-bond acceptors (Lipinski definition) is 3. The van der Waals surface area contributed by atoms with Crippen molar-refractivity contribution in [2.24, 2.45) is 11.7 Å². The van der Waals surface area contributed by atoms with E-state index < -0.39 is 0 Å². The Morgan fingerprint density at radius 3 is 2.43 bits per heavy atom. The second-order valence-electron chi connectivity index (χ2n) is 6.31. The van der Waals surface area contributed by atoms with Gasteiger partial charge in [-0.05, 0) is 56.4 Å². The van der Waals surface area contributed by atoms with E-state index >= 15 is 0 Å². The Bertz CT molecular complexity index is 482. The standard InChI is InChI=1S/C17H24N2OS/c18-13-6-5-12(11-13)17(20)19-14-7-9-16(10-8-14)21-15-3-1-2-4-15/h7-10,12-13,15H,1-6,11,18H2,(H,19,20). The molecular formula is C17H24N2OS. The predicted molar refractivity (Wildman–Crippen MR) is 88.5 cm³/mol. The molecule has 0 heterocycles. The number of rotatable bonds is 4. The van der Waals surface area contributed by atoms with Crippen molar-refractivity contribution < 1.29 is 4.79 Å². The minimum Gasteiger partial charge on any atom is -0.328 e. The van der Waals surface area contributed by atoms with E-state index in [9.17, 15) is 4.79 Å². The van der Waals surface area contributed by atoms with E-state index in [1.807, 2.05) is 23.9 Å². The number of thioether (sulfide) groups is 1. The third-order valence-corrected chi connectivity index (χ3v) is 5.92. The molecule has 2 unspecified atom stereocenters. The second kappa shape index (κ2) is 6.84. The van der Waals surface area contributed by atoms with Crippen LogP contribution < -0.4 is 11.1 Å². The fraction of sp³-hybridized carbons (Fsp3) is 0.588. The van der Waals surface area contributed by atoms with Gasteiger partial charge in [-0.2, -0.15) is 0 Å². The summed E-state index contributed by atoms with van der Waals surface area (Å²) in [6.45, 7) is 0. The average molecular weight is 304 g/mol. The summed E-state index contributed by atoms with van der Waals surface area (Å²) >= 11 is 1.98. The molecule has 21 heavy (non-hydrogen) atoms. The Morgan fingerprint density at radius 2 is 1.81 bits per heavy atom. The highest BCUT2D eigenvalue weighted by atomic mass is 32.2. The van der Waals surface area contributed by atoms with Crippen molar-refractivity contribution in [3.63, 3.8) is 0 Å². The first kappa shape index (κ1) is 14.9. The molecule has 2 saturated carbocycles. The minimum absolute atomic E-state index is 0.0903. The van der Waals surface area contributed by atoms with Crippen molar-refractivity contribution in [2.45, 2.75) is 61.1 Å². The zero-order valence-electron chi connectivity index (χ0n) is 12.4. The number of anilines is 1. The van der Waals surface area contributed by atoms with E-state index in [0.717, 1.165) is 30.2 Å². The van der Waals surface area contributed by atoms with E-state index in [2.05, 4.69) is 17.4 Å². The predicted octanol–water partition coefficient (Wildman–Crippen LogP) is 3.79. The quantitative estimate of drug-likeness (QED) is 0.890. The maximum Gasteiger partial charge on any atom is 0.227 e. The van der Waals surface area contributed by atoms with Crippen LogP contribution in [0.1, 0.15) is 44.9 Å². The minimum atomic E-state index is 0.0903. The van der Waals surface area contributed by atoms with E-state index in [0.29, 0.717) is 0 Å². The Balaban J connectivity index is 1.53. The fourth-order valence-corrected chi connectivity index (χ4v) is 4.56. The summed E-state index contributed by atoms with van der Waals surface area (Å²) in [5, 5.41) is 3.80. The van der Waals surface area contributed by atoms with Crippen molar-refractivity contribution in [1.29, 1.82) is 0 Å². The molecule has 1 amide bonds. The van der Waals surface area contributed by atoms with E-state index in [4.69, 9.17) is 5.73 Å². The van der Waals surface area contributed by atoms with Crippen LogP contribution in [0, 0.1) is 5.92 Å². The summed E-state index contributed by atoms with van der Waals surface area (Å²) in [5.74, 6) is 0.215. The SMILES string of the molecule is NC1CCC(C(=O)Nc2ccc(SC3CCCC3)cc2)C1. The lowest BCUT2D eigenvalue weighted by Gasteiger charge is -2.12. The van der Waals surface area contributed by atoms with Gasteiger partial charge in [-0.25, -0.2) is 0 Å². The van der Waals surface area contributed by atoms with Gasteiger partial charge in [-0.1, -0.05) is 12.8 Å². The number of amides is 1. The van der Waals surface area contributed by atoms with Gasteiger partial charge in [0.1, 0.15) is 0 Å².